The van der Waals surface area contributed by atoms with Gasteiger partial charge in [-0.2, -0.15) is 0 Å². The number of rotatable bonds is 4. The van der Waals surface area contributed by atoms with Crippen LogP contribution in [0.1, 0.15) is 17.7 Å². The van der Waals surface area contributed by atoms with Crippen LogP contribution in [-0.2, 0) is 24.8 Å². The third-order valence-electron chi connectivity index (χ3n) is 4.83. The maximum absolute atomic E-state index is 12.8. The van der Waals surface area contributed by atoms with Gasteiger partial charge in [-0.1, -0.05) is 18.2 Å². The lowest BCUT2D eigenvalue weighted by Crippen LogP contribution is -2.46. The highest BCUT2D eigenvalue weighted by molar-refractivity contribution is 5.98. The van der Waals surface area contributed by atoms with Gasteiger partial charge in [0.15, 0.2) is 5.96 Å². The molecule has 0 unspecified atom stereocenters. The second kappa shape index (κ2) is 8.08. The van der Waals surface area contributed by atoms with E-state index in [9.17, 15) is 4.79 Å². The first-order valence-electron chi connectivity index (χ1n) is 9.00. The molecule has 1 aromatic carbocycles. The highest BCUT2D eigenvalue weighted by Crippen LogP contribution is 2.26. The molecule has 2 aromatic rings. The molecule has 6 heteroatoms. The van der Waals surface area contributed by atoms with Crippen molar-refractivity contribution >= 4 is 17.6 Å². The van der Waals surface area contributed by atoms with Gasteiger partial charge >= 0.3 is 0 Å². The van der Waals surface area contributed by atoms with E-state index in [0.717, 1.165) is 31.6 Å². The summed E-state index contributed by atoms with van der Waals surface area (Å²) in [6.45, 7) is 1.73. The Morgan fingerprint density at radius 1 is 1.27 bits per heavy atom. The number of fused-ring (bicyclic) bond motifs is 1. The molecule has 0 saturated heterocycles. The normalized spacial score (nSPS) is 14.1. The quantitative estimate of drug-likeness (QED) is 0.676. The van der Waals surface area contributed by atoms with E-state index in [4.69, 9.17) is 0 Å². The lowest BCUT2D eigenvalue weighted by Gasteiger charge is -2.30. The van der Waals surface area contributed by atoms with Crippen molar-refractivity contribution in [1.29, 1.82) is 0 Å². The fourth-order valence-electron chi connectivity index (χ4n) is 3.41. The summed E-state index contributed by atoms with van der Waals surface area (Å²) in [5, 5.41) is 3.20. The van der Waals surface area contributed by atoms with Crippen LogP contribution in [0.2, 0.25) is 0 Å². The largest absolute Gasteiger partial charge is 0.353 e. The molecule has 0 radical (unpaired) electrons. The van der Waals surface area contributed by atoms with Gasteiger partial charge in [-0.05, 0) is 36.6 Å². The molecule has 0 spiro atoms. The number of anilines is 1. The van der Waals surface area contributed by atoms with Crippen LogP contribution in [0.3, 0.4) is 0 Å². The minimum absolute atomic E-state index is 0.0746. The molecule has 0 atom stereocenters. The van der Waals surface area contributed by atoms with Crippen LogP contribution in [0, 0.1) is 0 Å². The highest BCUT2D eigenvalue weighted by atomic mass is 16.2. The zero-order chi connectivity index (χ0) is 18.5. The number of hydrogen-bond acceptors (Lipinski definition) is 2. The number of carbonyl (C=O) groups excluding carboxylic acids is 1. The number of aliphatic imine (C=N–C) groups is 1. The van der Waals surface area contributed by atoms with E-state index in [0.29, 0.717) is 5.96 Å². The van der Waals surface area contributed by atoms with Crippen molar-refractivity contribution in [2.24, 2.45) is 12.0 Å². The first kappa shape index (κ1) is 18.0. The van der Waals surface area contributed by atoms with Crippen molar-refractivity contribution in [1.82, 2.24) is 14.8 Å². The predicted octanol–water partition coefficient (Wildman–Crippen LogP) is 2.01. The van der Waals surface area contributed by atoms with Gasteiger partial charge in [0.25, 0.3) is 0 Å². The molecule has 1 aliphatic heterocycles. The Labute approximate surface area is 155 Å². The van der Waals surface area contributed by atoms with E-state index in [1.807, 2.05) is 54.4 Å². The van der Waals surface area contributed by atoms with Crippen molar-refractivity contribution < 1.29 is 4.79 Å². The zero-order valence-corrected chi connectivity index (χ0v) is 15.8. The molecule has 1 amide bonds. The standard InChI is InChI=1S/C20H27N5O/c1-21-20(24(3)15-17-10-7-12-23(17)2)22-14-19(26)25-13-6-9-16-8-4-5-11-18(16)25/h4-5,7-8,10-12H,6,9,13-15H2,1-3H3,(H,21,22). The zero-order valence-electron chi connectivity index (χ0n) is 15.8. The first-order valence-corrected chi connectivity index (χ1v) is 9.00. The summed E-state index contributed by atoms with van der Waals surface area (Å²) < 4.78 is 2.08. The van der Waals surface area contributed by atoms with E-state index in [1.54, 1.807) is 7.05 Å². The van der Waals surface area contributed by atoms with Crippen LogP contribution in [-0.4, -0.2) is 48.5 Å². The van der Waals surface area contributed by atoms with Crippen LogP contribution < -0.4 is 10.2 Å². The molecule has 3 rings (SSSR count). The van der Waals surface area contributed by atoms with Crippen LogP contribution in [0.25, 0.3) is 0 Å². The third kappa shape index (κ3) is 3.90. The number of hydrogen-bond donors (Lipinski definition) is 1. The van der Waals surface area contributed by atoms with Gasteiger partial charge in [0, 0.05) is 45.3 Å². The number of aromatic nitrogens is 1. The van der Waals surface area contributed by atoms with Gasteiger partial charge in [0.05, 0.1) is 13.1 Å². The third-order valence-corrected chi connectivity index (χ3v) is 4.83. The molecular weight excluding hydrogens is 326 g/mol. The summed E-state index contributed by atoms with van der Waals surface area (Å²) in [6.07, 6.45) is 4.07. The molecule has 0 fully saturated rings. The molecule has 1 aromatic heterocycles. The van der Waals surface area contributed by atoms with Crippen molar-refractivity contribution in [2.45, 2.75) is 19.4 Å². The van der Waals surface area contributed by atoms with Crippen LogP contribution in [0.4, 0.5) is 5.69 Å². The van der Waals surface area contributed by atoms with Crippen LogP contribution in [0.5, 0.6) is 0 Å². The molecule has 0 saturated carbocycles. The maximum atomic E-state index is 12.8. The molecule has 6 nitrogen and oxygen atoms in total. The topological polar surface area (TPSA) is 52.9 Å². The molecule has 0 aliphatic carbocycles. The second-order valence-corrected chi connectivity index (χ2v) is 6.64. The number of aryl methyl sites for hydroxylation is 2. The molecule has 2 heterocycles. The van der Waals surface area contributed by atoms with Gasteiger partial charge in [0.2, 0.25) is 5.91 Å². The van der Waals surface area contributed by atoms with Crippen molar-refractivity contribution in [3.8, 4) is 0 Å². The molecule has 1 N–H and O–H groups in total. The summed E-state index contributed by atoms with van der Waals surface area (Å²) in [4.78, 5) is 21.0. The summed E-state index contributed by atoms with van der Waals surface area (Å²) in [6, 6.07) is 12.3. The molecule has 138 valence electrons. The SMILES string of the molecule is CN=C(NCC(=O)N1CCCc2ccccc21)N(C)Cc1cccn1C. The van der Waals surface area contributed by atoms with Gasteiger partial charge in [0.1, 0.15) is 0 Å². The van der Waals surface area contributed by atoms with Gasteiger partial charge < -0.3 is 19.7 Å². The predicted molar refractivity (Wildman–Crippen MR) is 105 cm³/mol. The Morgan fingerprint density at radius 2 is 2.08 bits per heavy atom. The Morgan fingerprint density at radius 3 is 2.81 bits per heavy atom. The summed E-state index contributed by atoms with van der Waals surface area (Å²) in [7, 11) is 5.74. The van der Waals surface area contributed by atoms with Crippen molar-refractivity contribution in [2.75, 3.05) is 32.1 Å². The van der Waals surface area contributed by atoms with E-state index in [-0.39, 0.29) is 12.5 Å². The Bertz CT molecular complexity index is 795. The Kier molecular flexibility index (Phi) is 5.61. The number of nitrogens with zero attached hydrogens (tertiary/aromatic N) is 4. The van der Waals surface area contributed by atoms with Gasteiger partial charge in [-0.15, -0.1) is 0 Å². The lowest BCUT2D eigenvalue weighted by atomic mass is 10.0. The number of benzene rings is 1. The number of guanidine groups is 1. The number of para-hydroxylation sites is 1. The summed E-state index contributed by atoms with van der Waals surface area (Å²) in [5.41, 5.74) is 3.47. The highest BCUT2D eigenvalue weighted by Gasteiger charge is 2.22. The lowest BCUT2D eigenvalue weighted by molar-refractivity contribution is -0.117. The average Bonchev–Trinajstić information content (AvgIpc) is 3.06. The smallest absolute Gasteiger partial charge is 0.246 e. The minimum Gasteiger partial charge on any atom is -0.353 e. The maximum Gasteiger partial charge on any atom is 0.246 e. The minimum atomic E-state index is 0.0746. The Balaban J connectivity index is 1.60. The summed E-state index contributed by atoms with van der Waals surface area (Å²) >= 11 is 0. The molecule has 26 heavy (non-hydrogen) atoms. The first-order chi connectivity index (χ1) is 12.6. The van der Waals surface area contributed by atoms with E-state index < -0.39 is 0 Å². The molecular formula is C20H27N5O. The summed E-state index contributed by atoms with van der Waals surface area (Å²) in [5.74, 6) is 0.787. The molecule has 0 bridgehead atoms. The van der Waals surface area contributed by atoms with Gasteiger partial charge in [-0.3, -0.25) is 9.79 Å². The van der Waals surface area contributed by atoms with E-state index >= 15 is 0 Å². The average molecular weight is 353 g/mol. The van der Waals surface area contributed by atoms with Crippen LogP contribution >= 0.6 is 0 Å². The number of amides is 1. The number of carbonyl (C=O) groups is 1. The van der Waals surface area contributed by atoms with E-state index in [1.165, 1.54) is 11.3 Å². The molecule has 1 aliphatic rings. The van der Waals surface area contributed by atoms with Crippen molar-refractivity contribution in [3.05, 3.63) is 53.9 Å². The van der Waals surface area contributed by atoms with Crippen LogP contribution in [0.15, 0.2) is 47.6 Å². The van der Waals surface area contributed by atoms with Gasteiger partial charge in [-0.25, -0.2) is 0 Å². The van der Waals surface area contributed by atoms with Crippen molar-refractivity contribution in [3.63, 3.8) is 0 Å². The Hall–Kier alpha value is -2.76. The van der Waals surface area contributed by atoms with E-state index in [2.05, 4.69) is 27.0 Å². The monoisotopic (exact) mass is 353 g/mol. The second-order valence-electron chi connectivity index (χ2n) is 6.64. The number of nitrogens with one attached hydrogen (secondary N) is 1. The fourth-order valence-corrected chi connectivity index (χ4v) is 3.41. The fraction of sp³-hybridized carbons (Fsp3) is 0.400.